The molecule has 0 unspecified atom stereocenters. The van der Waals surface area contributed by atoms with E-state index in [1.54, 1.807) is 11.9 Å². The molecule has 5 nitrogen and oxygen atoms in total. The first-order chi connectivity index (χ1) is 10.6. The van der Waals surface area contributed by atoms with Gasteiger partial charge in [0.05, 0.1) is 5.69 Å². The van der Waals surface area contributed by atoms with Gasteiger partial charge in [-0.15, -0.1) is 0 Å². The molecule has 110 valence electrons. The molecule has 1 N–H and O–H groups in total. The highest BCUT2D eigenvalue weighted by Crippen LogP contribution is 2.34. The second-order valence-corrected chi connectivity index (χ2v) is 5.58. The maximum absolute atomic E-state index is 11.9. The van der Waals surface area contributed by atoms with Gasteiger partial charge < -0.3 is 15.0 Å². The largest absolute Gasteiger partial charge is 0.482 e. The molecule has 2 heterocycles. The number of hydrogen-bond acceptors (Lipinski definition) is 3. The maximum atomic E-state index is 11.9. The summed E-state index contributed by atoms with van der Waals surface area (Å²) in [5, 5.41) is 2.81. The first kappa shape index (κ1) is 12.9. The molecule has 2 aliphatic heterocycles. The summed E-state index contributed by atoms with van der Waals surface area (Å²) in [5.74, 6) is 0.595. The zero-order chi connectivity index (χ0) is 15.3. The molecule has 0 saturated heterocycles. The molecule has 0 radical (unpaired) electrons. The molecule has 2 aromatic rings. The van der Waals surface area contributed by atoms with E-state index < -0.39 is 0 Å². The minimum absolute atomic E-state index is 0.0552. The van der Waals surface area contributed by atoms with E-state index in [1.807, 2.05) is 36.4 Å². The van der Waals surface area contributed by atoms with E-state index in [1.165, 1.54) is 0 Å². The Morgan fingerprint density at radius 3 is 2.73 bits per heavy atom. The van der Waals surface area contributed by atoms with Gasteiger partial charge in [0, 0.05) is 19.2 Å². The summed E-state index contributed by atoms with van der Waals surface area (Å²) in [6.07, 6.45) is 0. The lowest BCUT2D eigenvalue weighted by molar-refractivity contribution is -0.118. The Morgan fingerprint density at radius 2 is 1.86 bits per heavy atom. The molecule has 0 bridgehead atoms. The van der Waals surface area contributed by atoms with Gasteiger partial charge in [-0.2, -0.15) is 0 Å². The number of carbonyl (C=O) groups is 2. The quantitative estimate of drug-likeness (QED) is 0.877. The number of ether oxygens (including phenoxy) is 1. The molecule has 22 heavy (non-hydrogen) atoms. The number of fused-ring (bicyclic) bond motifs is 2. The standard InChI is InChI=1S/C17H14N2O3/c1-19-8-12-6-10(2-4-13(12)17(19)21)11-3-5-15-14(7-11)18-16(20)9-22-15/h2-7H,8-9H2,1H3,(H,18,20). The zero-order valence-electron chi connectivity index (χ0n) is 12.1. The molecular weight excluding hydrogens is 280 g/mol. The number of benzene rings is 2. The lowest BCUT2D eigenvalue weighted by Crippen LogP contribution is -2.25. The number of carbonyl (C=O) groups excluding carboxylic acids is 2. The van der Waals surface area contributed by atoms with Crippen LogP contribution in [-0.4, -0.2) is 30.4 Å². The first-order valence-electron chi connectivity index (χ1n) is 7.07. The van der Waals surface area contributed by atoms with Crippen LogP contribution in [0.4, 0.5) is 5.69 Å². The van der Waals surface area contributed by atoms with Crippen LogP contribution in [0.1, 0.15) is 15.9 Å². The zero-order valence-corrected chi connectivity index (χ0v) is 12.1. The minimum Gasteiger partial charge on any atom is -0.482 e. The fraction of sp³-hybridized carbons (Fsp3) is 0.176. The number of hydrogen-bond donors (Lipinski definition) is 1. The van der Waals surface area contributed by atoms with Crippen molar-refractivity contribution < 1.29 is 14.3 Å². The third-order valence-electron chi connectivity index (χ3n) is 4.04. The van der Waals surface area contributed by atoms with E-state index in [9.17, 15) is 9.59 Å². The van der Waals surface area contributed by atoms with E-state index in [0.717, 1.165) is 22.3 Å². The van der Waals surface area contributed by atoms with Crippen molar-refractivity contribution in [2.75, 3.05) is 19.0 Å². The Hall–Kier alpha value is -2.82. The van der Waals surface area contributed by atoms with Crippen molar-refractivity contribution in [1.82, 2.24) is 4.90 Å². The molecule has 0 saturated carbocycles. The molecule has 0 aromatic heterocycles. The van der Waals surface area contributed by atoms with Crippen molar-refractivity contribution in [2.24, 2.45) is 0 Å². The lowest BCUT2D eigenvalue weighted by atomic mass is 9.99. The topological polar surface area (TPSA) is 58.6 Å². The highest BCUT2D eigenvalue weighted by atomic mass is 16.5. The van der Waals surface area contributed by atoms with Gasteiger partial charge in [-0.3, -0.25) is 9.59 Å². The van der Waals surface area contributed by atoms with E-state index in [4.69, 9.17) is 4.74 Å². The van der Waals surface area contributed by atoms with E-state index in [2.05, 4.69) is 5.32 Å². The van der Waals surface area contributed by atoms with Crippen LogP contribution in [-0.2, 0) is 11.3 Å². The van der Waals surface area contributed by atoms with Crippen LogP contribution < -0.4 is 10.1 Å². The summed E-state index contributed by atoms with van der Waals surface area (Å²) in [7, 11) is 1.80. The molecule has 2 amide bonds. The Bertz CT molecular complexity index is 814. The first-order valence-corrected chi connectivity index (χ1v) is 7.07. The number of nitrogens with one attached hydrogen (secondary N) is 1. The molecule has 0 atom stereocenters. The van der Waals surface area contributed by atoms with Gasteiger partial charge in [-0.25, -0.2) is 0 Å². The monoisotopic (exact) mass is 294 g/mol. The third-order valence-corrected chi connectivity index (χ3v) is 4.04. The van der Waals surface area contributed by atoms with Crippen LogP contribution in [0.15, 0.2) is 36.4 Å². The molecule has 0 spiro atoms. The highest BCUT2D eigenvalue weighted by Gasteiger charge is 2.24. The molecule has 0 fully saturated rings. The van der Waals surface area contributed by atoms with Gasteiger partial charge in [-0.05, 0) is 41.0 Å². The summed E-state index contributed by atoms with van der Waals surface area (Å²) >= 11 is 0. The molecule has 5 heteroatoms. The van der Waals surface area contributed by atoms with E-state index >= 15 is 0 Å². The molecule has 4 rings (SSSR count). The van der Waals surface area contributed by atoms with Gasteiger partial charge in [0.25, 0.3) is 11.8 Å². The van der Waals surface area contributed by atoms with Crippen LogP contribution in [0, 0.1) is 0 Å². The maximum Gasteiger partial charge on any atom is 0.262 e. The van der Waals surface area contributed by atoms with E-state index in [0.29, 0.717) is 18.0 Å². The Balaban J connectivity index is 1.74. The Labute approximate surface area is 127 Å². The molecule has 2 aromatic carbocycles. The summed E-state index contributed by atoms with van der Waals surface area (Å²) < 4.78 is 5.37. The molecular formula is C17H14N2O3. The van der Waals surface area contributed by atoms with Gasteiger partial charge in [-0.1, -0.05) is 12.1 Å². The van der Waals surface area contributed by atoms with Crippen molar-refractivity contribution in [3.05, 3.63) is 47.5 Å². The van der Waals surface area contributed by atoms with Gasteiger partial charge in [0.1, 0.15) is 5.75 Å². The Kier molecular flexibility index (Phi) is 2.69. The highest BCUT2D eigenvalue weighted by molar-refractivity contribution is 5.99. The number of anilines is 1. The summed E-state index contributed by atoms with van der Waals surface area (Å²) in [5.41, 5.74) is 4.48. The second-order valence-electron chi connectivity index (χ2n) is 5.58. The predicted octanol–water partition coefficient (Wildman–Crippen LogP) is 2.27. The van der Waals surface area contributed by atoms with Crippen molar-refractivity contribution in [2.45, 2.75) is 6.54 Å². The van der Waals surface area contributed by atoms with Crippen molar-refractivity contribution in [3.63, 3.8) is 0 Å². The van der Waals surface area contributed by atoms with Crippen LogP contribution >= 0.6 is 0 Å². The summed E-state index contributed by atoms with van der Waals surface area (Å²) in [4.78, 5) is 25.1. The summed E-state index contributed by atoms with van der Waals surface area (Å²) in [6.45, 7) is 0.687. The molecule has 2 aliphatic rings. The van der Waals surface area contributed by atoms with Gasteiger partial charge in [0.2, 0.25) is 0 Å². The van der Waals surface area contributed by atoms with Crippen molar-refractivity contribution in [1.29, 1.82) is 0 Å². The van der Waals surface area contributed by atoms with Crippen molar-refractivity contribution in [3.8, 4) is 16.9 Å². The van der Waals surface area contributed by atoms with Gasteiger partial charge >= 0.3 is 0 Å². The van der Waals surface area contributed by atoms with Crippen LogP contribution in [0.2, 0.25) is 0 Å². The van der Waals surface area contributed by atoms with Crippen molar-refractivity contribution >= 4 is 17.5 Å². The van der Waals surface area contributed by atoms with Gasteiger partial charge in [0.15, 0.2) is 6.61 Å². The smallest absolute Gasteiger partial charge is 0.262 e. The number of nitrogens with zero attached hydrogens (tertiary/aromatic N) is 1. The normalized spacial score (nSPS) is 16.0. The average Bonchev–Trinajstić information content (AvgIpc) is 2.81. The SMILES string of the molecule is CN1Cc2cc(-c3ccc4c(c3)NC(=O)CO4)ccc2C1=O. The predicted molar refractivity (Wildman–Crippen MR) is 81.8 cm³/mol. The second kappa shape index (κ2) is 4.59. The summed E-state index contributed by atoms with van der Waals surface area (Å²) in [6, 6.07) is 11.5. The Morgan fingerprint density at radius 1 is 1.09 bits per heavy atom. The van der Waals surface area contributed by atoms with Crippen LogP contribution in [0.3, 0.4) is 0 Å². The number of amides is 2. The van der Waals surface area contributed by atoms with Crippen LogP contribution in [0.5, 0.6) is 5.75 Å². The third kappa shape index (κ3) is 1.94. The lowest BCUT2D eigenvalue weighted by Gasteiger charge is -2.18. The van der Waals surface area contributed by atoms with Crippen LogP contribution in [0.25, 0.3) is 11.1 Å². The van der Waals surface area contributed by atoms with E-state index in [-0.39, 0.29) is 18.4 Å². The fourth-order valence-electron chi connectivity index (χ4n) is 2.91. The average molecular weight is 294 g/mol. The fourth-order valence-corrected chi connectivity index (χ4v) is 2.91. The number of rotatable bonds is 1. The minimum atomic E-state index is -0.147. The molecule has 0 aliphatic carbocycles.